The van der Waals surface area contributed by atoms with Crippen LogP contribution in [-0.4, -0.2) is 96.7 Å². The number of rotatable bonds is 74. The van der Waals surface area contributed by atoms with Crippen molar-refractivity contribution >= 4 is 39.5 Å². The van der Waals surface area contributed by atoms with Crippen LogP contribution in [0.5, 0.6) is 0 Å². The molecule has 0 fully saturated rings. The highest BCUT2D eigenvalue weighted by atomic mass is 31.2. The maximum atomic E-state index is 13.1. The van der Waals surface area contributed by atoms with Gasteiger partial charge in [-0.1, -0.05) is 337 Å². The first-order chi connectivity index (χ1) is 45.4. The van der Waals surface area contributed by atoms with E-state index in [0.29, 0.717) is 25.7 Å². The number of hydrogen-bond donors (Lipinski definition) is 3. The van der Waals surface area contributed by atoms with E-state index in [2.05, 4.69) is 41.5 Å². The number of hydrogen-bond acceptors (Lipinski definition) is 15. The van der Waals surface area contributed by atoms with Crippen LogP contribution in [0.3, 0.4) is 0 Å². The van der Waals surface area contributed by atoms with E-state index in [1.165, 1.54) is 205 Å². The van der Waals surface area contributed by atoms with E-state index < -0.39 is 97.5 Å². The van der Waals surface area contributed by atoms with Crippen molar-refractivity contribution in [2.24, 2.45) is 11.8 Å². The predicted octanol–water partition coefficient (Wildman–Crippen LogP) is 21.9. The molecule has 0 aliphatic rings. The van der Waals surface area contributed by atoms with Crippen LogP contribution in [-0.2, 0) is 65.4 Å². The van der Waals surface area contributed by atoms with Crippen molar-refractivity contribution in [3.8, 4) is 0 Å². The number of phosphoric ester groups is 2. The monoisotopic (exact) mass is 1380 g/mol. The molecular weight excluding hydrogens is 1230 g/mol. The molecule has 7 atom stereocenters. The fourth-order valence-electron chi connectivity index (χ4n) is 11.4. The summed E-state index contributed by atoms with van der Waals surface area (Å²) in [7, 11) is -9.91. The van der Waals surface area contributed by atoms with Gasteiger partial charge in [0.05, 0.1) is 26.4 Å². The average molecular weight is 1380 g/mol. The molecule has 0 aromatic heterocycles. The lowest BCUT2D eigenvalue weighted by atomic mass is 9.99. The molecule has 0 saturated heterocycles. The molecule has 0 aliphatic heterocycles. The van der Waals surface area contributed by atoms with Crippen LogP contribution in [0.2, 0.25) is 0 Å². The summed E-state index contributed by atoms with van der Waals surface area (Å²) in [5.74, 6) is -0.540. The second kappa shape index (κ2) is 66.9. The Hall–Kier alpha value is -1.94. The van der Waals surface area contributed by atoms with E-state index in [1.54, 1.807) is 0 Å². The first-order valence-electron chi connectivity index (χ1n) is 39.1. The highest BCUT2D eigenvalue weighted by Crippen LogP contribution is 2.45. The highest BCUT2D eigenvalue weighted by molar-refractivity contribution is 7.47. The van der Waals surface area contributed by atoms with E-state index in [1.807, 2.05) is 0 Å². The third-order valence-electron chi connectivity index (χ3n) is 18.2. The summed E-state index contributed by atoms with van der Waals surface area (Å²) in [4.78, 5) is 72.7. The third-order valence-corrected chi connectivity index (χ3v) is 20.1. The standard InChI is InChI=1S/C75H146O17P2/c1-7-11-13-15-17-19-20-21-22-23-24-25-26-27-28-34-41-47-53-59-74(79)91-70(64-86-73(78)58-52-46-40-33-30-29-32-37-43-49-55-67(5)9-3)65-89-93(81,82)87-61-69(76)62-88-94(83,84)90-66-71(63-85-72(77)57-51-45-39-31-18-16-14-12-8-2)92-75(80)60-54-48-42-36-35-38-44-50-56-68(6)10-4/h67-71,76H,7-66H2,1-6H3,(H,81,82)(H,83,84)/t67?,68?,69-,70-,71-/m1/s1. The van der Waals surface area contributed by atoms with E-state index in [-0.39, 0.29) is 25.7 Å². The van der Waals surface area contributed by atoms with Crippen molar-refractivity contribution in [2.45, 2.75) is 407 Å². The zero-order chi connectivity index (χ0) is 69.3. The number of unbranched alkanes of at least 4 members (excludes halogenated alkanes) is 42. The van der Waals surface area contributed by atoms with Gasteiger partial charge >= 0.3 is 39.5 Å². The minimum atomic E-state index is -4.96. The van der Waals surface area contributed by atoms with Crippen LogP contribution in [0.4, 0.5) is 0 Å². The summed E-state index contributed by atoms with van der Waals surface area (Å²) in [6, 6.07) is 0. The quantitative estimate of drug-likeness (QED) is 0.0222. The number of carbonyl (C=O) groups excluding carboxylic acids is 4. The van der Waals surface area contributed by atoms with Gasteiger partial charge in [-0.3, -0.25) is 37.3 Å². The number of carbonyl (C=O) groups is 4. The summed E-state index contributed by atoms with van der Waals surface area (Å²) in [5, 5.41) is 10.6. The summed E-state index contributed by atoms with van der Waals surface area (Å²) >= 11 is 0. The molecule has 4 unspecified atom stereocenters. The van der Waals surface area contributed by atoms with E-state index in [4.69, 9.17) is 37.0 Å². The zero-order valence-electron chi connectivity index (χ0n) is 61.3. The fraction of sp³-hybridized carbons (Fsp3) is 0.947. The molecule has 0 bridgehead atoms. The smallest absolute Gasteiger partial charge is 0.462 e. The predicted molar refractivity (Wildman–Crippen MR) is 381 cm³/mol. The van der Waals surface area contributed by atoms with Crippen LogP contribution in [0, 0.1) is 11.8 Å². The Morgan fingerprint density at radius 1 is 0.298 bits per heavy atom. The Bertz CT molecular complexity index is 1820. The van der Waals surface area contributed by atoms with Gasteiger partial charge in [-0.2, -0.15) is 0 Å². The fourth-order valence-corrected chi connectivity index (χ4v) is 13.0. The molecule has 0 radical (unpaired) electrons. The number of ether oxygens (including phenoxy) is 4. The van der Waals surface area contributed by atoms with Gasteiger partial charge < -0.3 is 33.8 Å². The van der Waals surface area contributed by atoms with Gasteiger partial charge in [-0.25, -0.2) is 9.13 Å². The molecule has 17 nitrogen and oxygen atoms in total. The van der Waals surface area contributed by atoms with Gasteiger partial charge in [0, 0.05) is 25.7 Å². The second-order valence-corrected chi connectivity index (χ2v) is 30.4. The molecule has 3 N–H and O–H groups in total. The number of aliphatic hydroxyl groups excluding tert-OH is 1. The molecule has 0 aliphatic carbocycles. The van der Waals surface area contributed by atoms with Crippen molar-refractivity contribution in [1.82, 2.24) is 0 Å². The molecule has 0 amide bonds. The molecular formula is C75H146O17P2. The first kappa shape index (κ1) is 92.1. The van der Waals surface area contributed by atoms with Crippen molar-refractivity contribution in [2.75, 3.05) is 39.6 Å². The third kappa shape index (κ3) is 66.0. The Labute approximate surface area is 575 Å². The molecule has 0 aromatic rings. The molecule has 94 heavy (non-hydrogen) atoms. The van der Waals surface area contributed by atoms with Crippen LogP contribution >= 0.6 is 15.6 Å². The van der Waals surface area contributed by atoms with Crippen LogP contribution < -0.4 is 0 Å². The van der Waals surface area contributed by atoms with E-state index in [0.717, 1.165) is 102 Å². The van der Waals surface area contributed by atoms with Crippen molar-refractivity contribution < 1.29 is 80.2 Å². The summed E-state index contributed by atoms with van der Waals surface area (Å²) < 4.78 is 68.5. The summed E-state index contributed by atoms with van der Waals surface area (Å²) in [6.45, 7) is 9.60. The average Bonchev–Trinajstić information content (AvgIpc) is 1.61. The topological polar surface area (TPSA) is 237 Å². The molecule has 19 heteroatoms. The number of esters is 4. The lowest BCUT2D eigenvalue weighted by Gasteiger charge is -2.21. The molecule has 0 heterocycles. The molecule has 0 rings (SSSR count). The number of aliphatic hydroxyl groups is 1. The second-order valence-electron chi connectivity index (χ2n) is 27.5. The molecule has 0 aromatic carbocycles. The zero-order valence-corrected chi connectivity index (χ0v) is 63.1. The van der Waals surface area contributed by atoms with Crippen molar-refractivity contribution in [3.05, 3.63) is 0 Å². The van der Waals surface area contributed by atoms with Gasteiger partial charge in [-0.15, -0.1) is 0 Å². The molecule has 0 spiro atoms. The Balaban J connectivity index is 5.23. The highest BCUT2D eigenvalue weighted by Gasteiger charge is 2.30. The maximum Gasteiger partial charge on any atom is 0.472 e. The largest absolute Gasteiger partial charge is 0.472 e. The normalized spacial score (nSPS) is 14.6. The molecule has 0 saturated carbocycles. The lowest BCUT2D eigenvalue weighted by molar-refractivity contribution is -0.161. The van der Waals surface area contributed by atoms with E-state index in [9.17, 15) is 43.2 Å². The van der Waals surface area contributed by atoms with E-state index >= 15 is 0 Å². The van der Waals surface area contributed by atoms with Gasteiger partial charge in [0.25, 0.3) is 0 Å². The van der Waals surface area contributed by atoms with Crippen LogP contribution in [0.25, 0.3) is 0 Å². The van der Waals surface area contributed by atoms with Crippen molar-refractivity contribution in [3.63, 3.8) is 0 Å². The van der Waals surface area contributed by atoms with Crippen LogP contribution in [0.15, 0.2) is 0 Å². The van der Waals surface area contributed by atoms with Gasteiger partial charge in [-0.05, 0) is 37.5 Å². The van der Waals surface area contributed by atoms with Gasteiger partial charge in [0.2, 0.25) is 0 Å². The van der Waals surface area contributed by atoms with Gasteiger partial charge in [0.1, 0.15) is 19.3 Å². The SMILES string of the molecule is CCCCCCCCCCCCCCCCCCCCCC(=O)O[C@H](COC(=O)CCCCCCCCCCCCC(C)CC)COP(=O)(O)OC[C@@H](O)COP(=O)(O)OC[C@@H](COC(=O)CCCCCCCCCCC)OC(=O)CCCCCCCCCCC(C)CC. The maximum absolute atomic E-state index is 13.1. The molecule has 558 valence electrons. The summed E-state index contributed by atoms with van der Waals surface area (Å²) in [6.07, 6.45) is 54.0. The van der Waals surface area contributed by atoms with Crippen LogP contribution in [0.1, 0.15) is 388 Å². The lowest BCUT2D eigenvalue weighted by Crippen LogP contribution is -2.30. The first-order valence-corrected chi connectivity index (χ1v) is 42.1. The Kier molecular flexibility index (Phi) is 65.5. The minimum Gasteiger partial charge on any atom is -0.462 e. The summed E-state index contributed by atoms with van der Waals surface area (Å²) in [5.41, 5.74) is 0. The van der Waals surface area contributed by atoms with Gasteiger partial charge in [0.15, 0.2) is 12.2 Å². The minimum absolute atomic E-state index is 0.105. The van der Waals surface area contributed by atoms with Crippen molar-refractivity contribution in [1.29, 1.82) is 0 Å². The Morgan fingerprint density at radius 3 is 0.755 bits per heavy atom. The Morgan fingerprint density at radius 2 is 0.511 bits per heavy atom. The number of phosphoric acid groups is 2.